The van der Waals surface area contributed by atoms with E-state index in [-0.39, 0.29) is 0 Å². The number of carbonyl (C=O) groups excluding carboxylic acids is 1. The van der Waals surface area contributed by atoms with E-state index in [4.69, 9.17) is 0 Å². The first-order valence-corrected chi connectivity index (χ1v) is 5.39. The molecule has 15 heavy (non-hydrogen) atoms. The first-order valence-electron chi connectivity index (χ1n) is 5.39. The van der Waals surface area contributed by atoms with Gasteiger partial charge in [-0.2, -0.15) is 0 Å². The van der Waals surface area contributed by atoms with Crippen LogP contribution in [-0.2, 0) is 0 Å². The molecule has 1 saturated heterocycles. The predicted molar refractivity (Wildman–Crippen MR) is 56.0 cm³/mol. The Labute approximate surface area is 88.3 Å². The van der Waals surface area contributed by atoms with Crippen LogP contribution in [0.5, 0.6) is 0 Å². The topological polar surface area (TPSA) is 46.1 Å². The van der Waals surface area contributed by atoms with Crippen molar-refractivity contribution in [3.8, 4) is 0 Å². The molecule has 0 bridgehead atoms. The highest BCUT2D eigenvalue weighted by Crippen LogP contribution is 2.48. The first kappa shape index (κ1) is 8.83. The Morgan fingerprint density at radius 2 is 2.00 bits per heavy atom. The van der Waals surface area contributed by atoms with Crippen LogP contribution in [0.15, 0.2) is 12.4 Å². The van der Waals surface area contributed by atoms with E-state index in [1.54, 1.807) is 12.4 Å². The van der Waals surface area contributed by atoms with Crippen LogP contribution in [0.2, 0.25) is 0 Å². The van der Waals surface area contributed by atoms with E-state index in [0.29, 0.717) is 11.1 Å². The van der Waals surface area contributed by atoms with E-state index in [2.05, 4.69) is 14.9 Å². The van der Waals surface area contributed by atoms with Crippen LogP contribution in [0.4, 0.5) is 5.95 Å². The van der Waals surface area contributed by atoms with Crippen LogP contribution < -0.4 is 4.90 Å². The molecular formula is C11H13N3O. The van der Waals surface area contributed by atoms with Gasteiger partial charge in [-0.1, -0.05) is 0 Å². The van der Waals surface area contributed by atoms with Crippen LogP contribution in [-0.4, -0.2) is 28.3 Å². The van der Waals surface area contributed by atoms with Crippen LogP contribution in [0.3, 0.4) is 0 Å². The van der Waals surface area contributed by atoms with Crippen molar-refractivity contribution in [3.63, 3.8) is 0 Å². The zero-order valence-corrected chi connectivity index (χ0v) is 8.52. The molecular weight excluding hydrogens is 190 g/mol. The lowest BCUT2D eigenvalue weighted by atomic mass is 9.68. The van der Waals surface area contributed by atoms with E-state index in [1.807, 2.05) is 0 Å². The molecule has 4 heteroatoms. The van der Waals surface area contributed by atoms with E-state index in [0.717, 1.165) is 18.8 Å². The highest BCUT2D eigenvalue weighted by Gasteiger charge is 2.50. The Bertz CT molecular complexity index is 378. The van der Waals surface area contributed by atoms with Gasteiger partial charge in [0, 0.05) is 24.5 Å². The van der Waals surface area contributed by atoms with Gasteiger partial charge in [-0.3, -0.25) is 4.79 Å². The molecule has 2 heterocycles. The highest BCUT2D eigenvalue weighted by atomic mass is 16.1. The Morgan fingerprint density at radius 1 is 1.27 bits per heavy atom. The zero-order chi connectivity index (χ0) is 10.3. The van der Waals surface area contributed by atoms with Crippen molar-refractivity contribution in [1.29, 1.82) is 0 Å². The van der Waals surface area contributed by atoms with Gasteiger partial charge in [-0.25, -0.2) is 9.97 Å². The molecule has 1 aliphatic heterocycles. The molecule has 1 saturated carbocycles. The zero-order valence-electron chi connectivity index (χ0n) is 8.52. The number of carbonyl (C=O) groups is 1. The third-order valence-corrected chi connectivity index (χ3v) is 3.69. The molecule has 0 atom stereocenters. The Hall–Kier alpha value is -1.45. The smallest absolute Gasteiger partial charge is 0.225 e. The maximum absolute atomic E-state index is 10.5. The number of aldehydes is 1. The average Bonchev–Trinajstić information content (AvgIpc) is 2.15. The number of anilines is 1. The van der Waals surface area contributed by atoms with Crippen LogP contribution in [0.1, 0.15) is 36.0 Å². The molecule has 1 aromatic heterocycles. The summed E-state index contributed by atoms with van der Waals surface area (Å²) in [6.45, 7) is 1.06. The molecule has 1 aliphatic carbocycles. The van der Waals surface area contributed by atoms with E-state index in [9.17, 15) is 4.79 Å². The fourth-order valence-corrected chi connectivity index (χ4v) is 2.49. The largest absolute Gasteiger partial charge is 0.335 e. The summed E-state index contributed by atoms with van der Waals surface area (Å²) in [5, 5.41) is 0. The number of aromatic nitrogens is 2. The van der Waals surface area contributed by atoms with Gasteiger partial charge in [0.15, 0.2) is 6.29 Å². The van der Waals surface area contributed by atoms with Crippen molar-refractivity contribution < 1.29 is 4.79 Å². The minimum atomic E-state index is 0.378. The normalized spacial score (nSPS) is 22.0. The van der Waals surface area contributed by atoms with Crippen molar-refractivity contribution in [2.45, 2.75) is 31.2 Å². The Morgan fingerprint density at radius 3 is 2.40 bits per heavy atom. The quantitative estimate of drug-likeness (QED) is 0.682. The lowest BCUT2D eigenvalue weighted by Gasteiger charge is -2.58. The van der Waals surface area contributed by atoms with Crippen molar-refractivity contribution >= 4 is 12.2 Å². The third kappa shape index (κ3) is 1.17. The lowest BCUT2D eigenvalue weighted by molar-refractivity contribution is 0.112. The summed E-state index contributed by atoms with van der Waals surface area (Å²) in [4.78, 5) is 21.2. The van der Waals surface area contributed by atoms with Gasteiger partial charge in [0.05, 0.1) is 5.56 Å². The summed E-state index contributed by atoms with van der Waals surface area (Å²) in [7, 11) is 0. The van der Waals surface area contributed by atoms with Crippen LogP contribution in [0, 0.1) is 0 Å². The summed E-state index contributed by atoms with van der Waals surface area (Å²) >= 11 is 0. The maximum Gasteiger partial charge on any atom is 0.225 e. The monoisotopic (exact) mass is 203 g/mol. The van der Waals surface area contributed by atoms with Gasteiger partial charge < -0.3 is 4.90 Å². The molecule has 1 spiro atoms. The van der Waals surface area contributed by atoms with Crippen LogP contribution in [0.25, 0.3) is 0 Å². The molecule has 2 fully saturated rings. The second kappa shape index (κ2) is 3.02. The summed E-state index contributed by atoms with van der Waals surface area (Å²) in [6, 6.07) is 0. The van der Waals surface area contributed by atoms with Gasteiger partial charge in [0.2, 0.25) is 5.95 Å². The van der Waals surface area contributed by atoms with Crippen molar-refractivity contribution in [1.82, 2.24) is 9.97 Å². The number of rotatable bonds is 2. The second-order valence-corrected chi connectivity index (χ2v) is 4.41. The van der Waals surface area contributed by atoms with Gasteiger partial charge >= 0.3 is 0 Å². The summed E-state index contributed by atoms with van der Waals surface area (Å²) in [5.74, 6) is 0.784. The molecule has 3 rings (SSSR count). The predicted octanol–water partition coefficient (Wildman–Crippen LogP) is 1.42. The standard InChI is InChI=1S/C11H13N3O/c15-8-9-6-12-10(13-7-9)14-5-4-11(14)2-1-3-11/h6-8H,1-5H2. The summed E-state index contributed by atoms with van der Waals surface area (Å²) in [6.07, 6.45) is 9.10. The molecule has 1 aromatic rings. The fraction of sp³-hybridized carbons (Fsp3) is 0.545. The highest BCUT2D eigenvalue weighted by molar-refractivity contribution is 5.73. The van der Waals surface area contributed by atoms with E-state index in [1.165, 1.54) is 25.7 Å². The summed E-state index contributed by atoms with van der Waals surface area (Å²) in [5.41, 5.74) is 0.921. The lowest BCUT2D eigenvalue weighted by Crippen LogP contribution is -2.64. The van der Waals surface area contributed by atoms with Gasteiger partial charge in [-0.15, -0.1) is 0 Å². The number of nitrogens with zero attached hydrogens (tertiary/aromatic N) is 3. The molecule has 2 aliphatic rings. The maximum atomic E-state index is 10.5. The molecule has 0 unspecified atom stereocenters. The molecule has 0 amide bonds. The second-order valence-electron chi connectivity index (χ2n) is 4.41. The van der Waals surface area contributed by atoms with Crippen molar-refractivity contribution in [2.75, 3.05) is 11.4 Å². The van der Waals surface area contributed by atoms with E-state index >= 15 is 0 Å². The molecule has 0 N–H and O–H groups in total. The molecule has 4 nitrogen and oxygen atoms in total. The Kier molecular flexibility index (Phi) is 1.78. The van der Waals surface area contributed by atoms with Gasteiger partial charge in [0.25, 0.3) is 0 Å². The van der Waals surface area contributed by atoms with Crippen LogP contribution >= 0.6 is 0 Å². The average molecular weight is 203 g/mol. The molecule has 0 radical (unpaired) electrons. The van der Waals surface area contributed by atoms with Gasteiger partial charge in [0.1, 0.15) is 0 Å². The number of hydrogen-bond donors (Lipinski definition) is 0. The van der Waals surface area contributed by atoms with Crippen molar-refractivity contribution in [3.05, 3.63) is 18.0 Å². The van der Waals surface area contributed by atoms with E-state index < -0.39 is 0 Å². The van der Waals surface area contributed by atoms with Gasteiger partial charge in [-0.05, 0) is 25.7 Å². The minimum Gasteiger partial charge on any atom is -0.335 e. The molecule has 78 valence electrons. The number of hydrogen-bond acceptors (Lipinski definition) is 4. The SMILES string of the molecule is O=Cc1cnc(N2CCC23CCC3)nc1. The minimum absolute atomic E-state index is 0.378. The fourth-order valence-electron chi connectivity index (χ4n) is 2.49. The summed E-state index contributed by atoms with van der Waals surface area (Å²) < 4.78 is 0. The third-order valence-electron chi connectivity index (χ3n) is 3.69. The first-order chi connectivity index (χ1) is 7.34. The molecule has 0 aromatic carbocycles. The van der Waals surface area contributed by atoms with Crippen molar-refractivity contribution in [2.24, 2.45) is 0 Å². The Balaban J connectivity index is 1.83.